The molecule has 0 radical (unpaired) electrons. The predicted octanol–water partition coefficient (Wildman–Crippen LogP) is 6.62. The molecular weight excluding hydrogens is 755 g/mol. The van der Waals surface area contributed by atoms with Gasteiger partial charge in [-0.2, -0.15) is 0 Å². The van der Waals surface area contributed by atoms with Gasteiger partial charge in [-0.1, -0.05) is 97.1 Å². The molecule has 10 rings (SSSR count). The van der Waals surface area contributed by atoms with Crippen LogP contribution in [0.25, 0.3) is 22.6 Å². The second-order valence-electron chi connectivity index (χ2n) is 14.2. The molecule has 60 heavy (non-hydrogen) atoms. The second-order valence-corrected chi connectivity index (χ2v) is 14.2. The zero-order chi connectivity index (χ0) is 41.0. The van der Waals surface area contributed by atoms with Crippen molar-refractivity contribution in [2.75, 3.05) is 22.9 Å². The Morgan fingerprint density at radius 3 is 1.80 bits per heavy atom. The number of para-hydroxylation sites is 2. The molecule has 0 amide bonds. The molecular formula is C47H37N9O4. The summed E-state index contributed by atoms with van der Waals surface area (Å²) in [6.07, 6.45) is 5.65. The molecule has 1 N–H and O–H groups in total. The van der Waals surface area contributed by atoms with Crippen LogP contribution in [0.2, 0.25) is 0 Å². The summed E-state index contributed by atoms with van der Waals surface area (Å²) in [6, 6.07) is 42.7. The first-order chi connectivity index (χ1) is 29.4. The van der Waals surface area contributed by atoms with E-state index in [2.05, 4.69) is 15.0 Å². The van der Waals surface area contributed by atoms with Crippen molar-refractivity contribution in [1.29, 1.82) is 0 Å². The van der Waals surface area contributed by atoms with Crippen LogP contribution in [0.4, 0.5) is 23.3 Å². The molecule has 4 aromatic carbocycles. The molecule has 1 atom stereocenters. The fraction of sp³-hybridized carbons (Fsp3) is 0.106. The molecule has 0 aliphatic carbocycles. The van der Waals surface area contributed by atoms with Crippen LogP contribution < -0.4 is 20.9 Å². The number of benzene rings is 4. The van der Waals surface area contributed by atoms with Gasteiger partial charge in [0.1, 0.15) is 6.33 Å². The predicted molar refractivity (Wildman–Crippen MR) is 229 cm³/mol. The molecule has 4 aromatic heterocycles. The number of rotatable bonds is 8. The third-order valence-electron chi connectivity index (χ3n) is 10.4. The third-order valence-corrected chi connectivity index (χ3v) is 10.4. The van der Waals surface area contributed by atoms with Crippen molar-refractivity contribution in [2.24, 2.45) is 0 Å². The minimum Gasteiger partial charge on any atom is -0.387 e. The SMILES string of the molecule is O=C(CN1c2ccccc2Cn2c1nc(-c1ccncn1)cc2=O)c1ccccc1.O=c1cc(-c2ccncc2)nc2n1Cc1ccccc1N2C[C@@H](O)c1ccccc1. The summed E-state index contributed by atoms with van der Waals surface area (Å²) in [5, 5.41) is 10.9. The van der Waals surface area contributed by atoms with Crippen LogP contribution in [-0.4, -0.2) is 58.0 Å². The lowest BCUT2D eigenvalue weighted by molar-refractivity contribution is 0.100. The molecule has 0 unspecified atom stereocenters. The van der Waals surface area contributed by atoms with Crippen LogP contribution in [0, 0.1) is 0 Å². The van der Waals surface area contributed by atoms with Crippen molar-refractivity contribution in [2.45, 2.75) is 19.2 Å². The van der Waals surface area contributed by atoms with Gasteiger partial charge in [0.05, 0.1) is 49.4 Å². The number of hydrogen-bond acceptors (Lipinski definition) is 11. The highest BCUT2D eigenvalue weighted by Gasteiger charge is 2.29. The summed E-state index contributed by atoms with van der Waals surface area (Å²) in [4.78, 5) is 64.4. The first-order valence-corrected chi connectivity index (χ1v) is 19.3. The topological polar surface area (TPSA) is 152 Å². The summed E-state index contributed by atoms with van der Waals surface area (Å²) in [7, 11) is 0. The number of ketones is 1. The molecule has 13 nitrogen and oxygen atoms in total. The van der Waals surface area contributed by atoms with E-state index < -0.39 is 6.10 Å². The fourth-order valence-electron chi connectivity index (χ4n) is 7.46. The van der Waals surface area contributed by atoms with Crippen molar-refractivity contribution >= 4 is 29.1 Å². The summed E-state index contributed by atoms with van der Waals surface area (Å²) < 4.78 is 3.25. The highest BCUT2D eigenvalue weighted by Crippen LogP contribution is 2.36. The van der Waals surface area contributed by atoms with Crippen molar-refractivity contribution < 1.29 is 9.90 Å². The summed E-state index contributed by atoms with van der Waals surface area (Å²) in [5.41, 5.74) is 7.33. The van der Waals surface area contributed by atoms with Gasteiger partial charge in [-0.25, -0.2) is 19.9 Å². The van der Waals surface area contributed by atoms with Gasteiger partial charge in [0.25, 0.3) is 11.1 Å². The summed E-state index contributed by atoms with van der Waals surface area (Å²) in [5.74, 6) is 0.905. The van der Waals surface area contributed by atoms with Crippen molar-refractivity contribution in [1.82, 2.24) is 34.1 Å². The lowest BCUT2D eigenvalue weighted by atomic mass is 10.1. The molecule has 0 spiro atoms. The standard InChI is InChI=1S/C24H20N4O2.C23H17N5O2/c29-22(18-6-2-1-3-7-18)16-27-21-9-5-4-8-19(21)15-28-23(30)14-20(26-24(27)28)17-10-12-25-13-11-17;29-21(16-6-2-1-3-7-16)14-27-20-9-5-4-8-17(20)13-28-22(30)12-19(26-23(27)28)18-10-11-24-15-25-18/h1-14,22,29H,15-16H2;1-12,15H,13-14H2/t22-;/m1./s1. The van der Waals surface area contributed by atoms with Crippen LogP contribution in [0.5, 0.6) is 0 Å². The average molecular weight is 792 g/mol. The Hall–Kier alpha value is -7.90. The van der Waals surface area contributed by atoms with Crippen LogP contribution in [0.1, 0.15) is 33.2 Å². The van der Waals surface area contributed by atoms with E-state index in [9.17, 15) is 19.5 Å². The molecule has 13 heteroatoms. The van der Waals surface area contributed by atoms with Gasteiger partial charge in [0.15, 0.2) is 5.78 Å². The Morgan fingerprint density at radius 2 is 1.15 bits per heavy atom. The lowest BCUT2D eigenvalue weighted by Crippen LogP contribution is -2.37. The van der Waals surface area contributed by atoms with E-state index >= 15 is 0 Å². The highest BCUT2D eigenvalue weighted by atomic mass is 16.3. The van der Waals surface area contributed by atoms with Gasteiger partial charge in [-0.15, -0.1) is 0 Å². The van der Waals surface area contributed by atoms with Gasteiger partial charge in [0.2, 0.25) is 11.9 Å². The maximum atomic E-state index is 13.0. The number of aliphatic hydroxyl groups excluding tert-OH is 1. The van der Waals surface area contributed by atoms with Crippen molar-refractivity contribution in [3.05, 3.63) is 207 Å². The zero-order valence-electron chi connectivity index (χ0n) is 32.2. The van der Waals surface area contributed by atoms with Crippen LogP contribution in [0.3, 0.4) is 0 Å². The Bertz CT molecular complexity index is 2930. The van der Waals surface area contributed by atoms with Gasteiger partial charge in [0, 0.05) is 53.2 Å². The van der Waals surface area contributed by atoms with E-state index in [-0.39, 0.29) is 30.0 Å². The van der Waals surface area contributed by atoms with Gasteiger partial charge in [-0.3, -0.25) is 28.5 Å². The quantitative estimate of drug-likeness (QED) is 0.165. The van der Waals surface area contributed by atoms with Crippen molar-refractivity contribution in [3.8, 4) is 22.6 Å². The van der Waals surface area contributed by atoms with Gasteiger partial charge >= 0.3 is 0 Å². The lowest BCUT2D eigenvalue weighted by Gasteiger charge is -2.34. The molecule has 2 aliphatic heterocycles. The Balaban J connectivity index is 0.000000154. The molecule has 0 fully saturated rings. The minimum absolute atomic E-state index is 0.0551. The number of aliphatic hydroxyl groups is 1. The van der Waals surface area contributed by atoms with Crippen LogP contribution in [-0.2, 0) is 13.1 Å². The normalized spacial score (nSPS) is 12.8. The second kappa shape index (κ2) is 16.5. The van der Waals surface area contributed by atoms with E-state index in [4.69, 9.17) is 9.97 Å². The Labute approximate surface area is 344 Å². The number of carbonyl (C=O) groups is 1. The largest absolute Gasteiger partial charge is 0.387 e. The van der Waals surface area contributed by atoms with E-state index in [1.54, 1.807) is 56.9 Å². The molecule has 2 aliphatic rings. The first kappa shape index (κ1) is 37.7. The number of fused-ring (bicyclic) bond motifs is 4. The molecule has 0 saturated carbocycles. The van der Waals surface area contributed by atoms with Gasteiger partial charge in [-0.05, 0) is 47.0 Å². The number of carbonyl (C=O) groups excluding carboxylic acids is 1. The third kappa shape index (κ3) is 7.60. The highest BCUT2D eigenvalue weighted by molar-refractivity contribution is 6.00. The summed E-state index contributed by atoms with van der Waals surface area (Å²) >= 11 is 0. The summed E-state index contributed by atoms with van der Waals surface area (Å²) in [6.45, 7) is 1.21. The van der Waals surface area contributed by atoms with E-state index in [1.807, 2.05) is 114 Å². The Morgan fingerprint density at radius 1 is 0.600 bits per heavy atom. The maximum absolute atomic E-state index is 13.0. The average Bonchev–Trinajstić information content (AvgIpc) is 3.30. The van der Waals surface area contributed by atoms with Crippen LogP contribution in [0.15, 0.2) is 174 Å². The molecule has 6 heterocycles. The molecule has 8 aromatic rings. The van der Waals surface area contributed by atoms with Crippen LogP contribution >= 0.6 is 0 Å². The van der Waals surface area contributed by atoms with E-state index in [0.29, 0.717) is 47.6 Å². The smallest absolute Gasteiger partial charge is 0.255 e. The number of pyridine rings is 1. The number of aromatic nitrogens is 7. The minimum atomic E-state index is -0.729. The number of hydrogen-bond donors (Lipinski definition) is 1. The maximum Gasteiger partial charge on any atom is 0.255 e. The number of β-amino-alcohol motifs (C(OH)–C–C–N with tert-alkyl or cyclic N) is 1. The monoisotopic (exact) mass is 791 g/mol. The molecule has 0 saturated heterocycles. The molecule has 0 bridgehead atoms. The number of anilines is 4. The number of nitrogens with zero attached hydrogens (tertiary/aromatic N) is 9. The first-order valence-electron chi connectivity index (χ1n) is 19.3. The molecule has 294 valence electrons. The Kier molecular flexibility index (Phi) is 10.4. The van der Waals surface area contributed by atoms with Gasteiger partial charge < -0.3 is 14.9 Å². The number of Topliss-reactive ketones (excluding diaryl/α,β-unsaturated/α-hetero) is 1. The zero-order valence-corrected chi connectivity index (χ0v) is 32.2. The van der Waals surface area contributed by atoms with Crippen molar-refractivity contribution in [3.63, 3.8) is 0 Å². The fourth-order valence-corrected chi connectivity index (χ4v) is 7.46. The van der Waals surface area contributed by atoms with E-state index in [1.165, 1.54) is 12.4 Å². The van der Waals surface area contributed by atoms with E-state index in [0.717, 1.165) is 33.6 Å².